The number of nitrogens with zero attached hydrogens (tertiary/aromatic N) is 1. The van der Waals surface area contributed by atoms with Crippen molar-refractivity contribution in [2.24, 2.45) is 5.92 Å². The predicted octanol–water partition coefficient (Wildman–Crippen LogP) is 2.90. The Morgan fingerprint density at radius 3 is 2.19 bits per heavy atom. The average molecular weight is 529 g/mol. The number of anilines is 1. The number of rotatable bonds is 6. The summed E-state index contributed by atoms with van der Waals surface area (Å²) >= 11 is 0. The number of hydrogen-bond acceptors (Lipinski definition) is 6. The summed E-state index contributed by atoms with van der Waals surface area (Å²) in [5.74, 6) is -1.88. The van der Waals surface area contributed by atoms with Gasteiger partial charge in [0, 0.05) is 18.5 Å². The molecule has 3 rings (SSSR count). The molecule has 0 aliphatic carbocycles. The third kappa shape index (κ3) is 5.25. The molecule has 0 aromatic heterocycles. The van der Waals surface area contributed by atoms with Gasteiger partial charge in [-0.15, -0.1) is 0 Å². The summed E-state index contributed by atoms with van der Waals surface area (Å²) < 4.78 is 63.3. The van der Waals surface area contributed by atoms with Gasteiger partial charge in [-0.1, -0.05) is 32.0 Å². The molecule has 8 nitrogen and oxygen atoms in total. The van der Waals surface area contributed by atoms with Crippen molar-refractivity contribution in [2.75, 3.05) is 11.6 Å². The highest BCUT2D eigenvalue weighted by molar-refractivity contribution is 7.90. The van der Waals surface area contributed by atoms with Gasteiger partial charge in [0.05, 0.1) is 4.90 Å². The Balaban J connectivity index is 1.95. The Hall–Kier alpha value is -2.96. The Morgan fingerprint density at radius 2 is 1.69 bits per heavy atom. The van der Waals surface area contributed by atoms with Gasteiger partial charge < -0.3 is 20.4 Å². The van der Waals surface area contributed by atoms with Crippen LogP contribution in [0.25, 0.3) is 0 Å². The zero-order chi connectivity index (χ0) is 27.2. The number of carbonyl (C=O) groups is 2. The lowest BCUT2D eigenvalue weighted by atomic mass is 9.95. The van der Waals surface area contributed by atoms with Crippen LogP contribution in [-0.4, -0.2) is 53.9 Å². The molecule has 3 N–H and O–H groups in total. The summed E-state index contributed by atoms with van der Waals surface area (Å²) in [6.45, 7) is 3.75. The van der Waals surface area contributed by atoms with Crippen LogP contribution in [0.2, 0.25) is 0 Å². The normalized spacial score (nSPS) is 18.5. The van der Waals surface area contributed by atoms with Crippen LogP contribution in [0.1, 0.15) is 43.5 Å². The first-order valence-corrected chi connectivity index (χ1v) is 12.9. The van der Waals surface area contributed by atoms with Gasteiger partial charge in [-0.05, 0) is 53.8 Å². The van der Waals surface area contributed by atoms with E-state index in [4.69, 9.17) is 0 Å². The smallest absolute Gasteiger partial charge is 0.383 e. The van der Waals surface area contributed by atoms with Gasteiger partial charge in [-0.3, -0.25) is 9.59 Å². The van der Waals surface area contributed by atoms with E-state index in [9.17, 15) is 41.4 Å². The van der Waals surface area contributed by atoms with Crippen molar-refractivity contribution in [1.82, 2.24) is 4.90 Å². The third-order valence-corrected chi connectivity index (χ3v) is 7.28. The molecule has 0 saturated heterocycles. The fourth-order valence-electron chi connectivity index (χ4n) is 3.85. The molecule has 0 spiro atoms. The van der Waals surface area contributed by atoms with Crippen LogP contribution >= 0.6 is 0 Å². The molecule has 0 saturated carbocycles. The van der Waals surface area contributed by atoms with Crippen molar-refractivity contribution < 1.29 is 41.4 Å². The second kappa shape index (κ2) is 9.49. The molecule has 12 heteroatoms. The van der Waals surface area contributed by atoms with E-state index in [0.717, 1.165) is 23.3 Å². The Labute approximate surface area is 206 Å². The minimum atomic E-state index is -4.91. The van der Waals surface area contributed by atoms with Crippen molar-refractivity contribution in [3.8, 4) is 0 Å². The quantitative estimate of drug-likeness (QED) is 0.530. The highest BCUT2D eigenvalue weighted by Crippen LogP contribution is 2.39. The minimum Gasteiger partial charge on any atom is -0.383 e. The molecule has 2 aromatic carbocycles. The number of alkyl halides is 3. The molecule has 2 unspecified atom stereocenters. The largest absolute Gasteiger partial charge is 0.421 e. The zero-order valence-corrected chi connectivity index (χ0v) is 20.8. The maximum atomic E-state index is 13.3. The summed E-state index contributed by atoms with van der Waals surface area (Å²) in [5, 5.41) is 22.7. The fourth-order valence-corrected chi connectivity index (χ4v) is 4.53. The number of nitrogens with one attached hydrogen (secondary N) is 1. The van der Waals surface area contributed by atoms with Crippen LogP contribution in [-0.2, 0) is 31.6 Å². The first-order chi connectivity index (χ1) is 16.4. The molecular weight excluding hydrogens is 501 g/mol. The molecular formula is C24H27F3N2O6S. The number of fused-ring (bicyclic) bond motifs is 1. The topological polar surface area (TPSA) is 124 Å². The summed E-state index contributed by atoms with van der Waals surface area (Å²) in [6.07, 6.45) is -5.29. The third-order valence-electron chi connectivity index (χ3n) is 6.17. The van der Waals surface area contributed by atoms with Crippen LogP contribution in [0, 0.1) is 5.92 Å². The van der Waals surface area contributed by atoms with Crippen LogP contribution < -0.4 is 5.32 Å². The van der Waals surface area contributed by atoms with Crippen LogP contribution in [0.5, 0.6) is 0 Å². The van der Waals surface area contributed by atoms with Crippen LogP contribution in [0.15, 0.2) is 47.4 Å². The number of hydrogen-bond donors (Lipinski definition) is 3. The Kier molecular flexibility index (Phi) is 7.28. The van der Waals surface area contributed by atoms with Gasteiger partial charge in [-0.2, -0.15) is 13.2 Å². The van der Waals surface area contributed by atoms with E-state index in [-0.39, 0.29) is 17.1 Å². The molecule has 0 radical (unpaired) electrons. The van der Waals surface area contributed by atoms with Gasteiger partial charge in [0.15, 0.2) is 15.4 Å². The summed E-state index contributed by atoms with van der Waals surface area (Å²) in [6, 6.07) is 7.31. The van der Waals surface area contributed by atoms with Crippen molar-refractivity contribution >= 4 is 27.3 Å². The lowest BCUT2D eigenvalue weighted by molar-refractivity contribution is -0.258. The zero-order valence-electron chi connectivity index (χ0n) is 20.0. The number of sulfone groups is 1. The second-order valence-corrected chi connectivity index (χ2v) is 11.3. The molecule has 36 heavy (non-hydrogen) atoms. The first kappa shape index (κ1) is 27.6. The Bertz CT molecular complexity index is 1270. The second-order valence-electron chi connectivity index (χ2n) is 9.33. The highest BCUT2D eigenvalue weighted by atomic mass is 32.2. The molecule has 2 amide bonds. The van der Waals surface area contributed by atoms with Gasteiger partial charge in [-0.25, -0.2) is 8.42 Å². The van der Waals surface area contributed by atoms with Crippen LogP contribution in [0.4, 0.5) is 18.9 Å². The summed E-state index contributed by atoms with van der Waals surface area (Å²) in [7, 11) is -3.56. The van der Waals surface area contributed by atoms with E-state index in [1.54, 1.807) is 13.8 Å². The minimum absolute atomic E-state index is 0.00595. The van der Waals surface area contributed by atoms with E-state index in [2.05, 4.69) is 5.32 Å². The predicted molar refractivity (Wildman–Crippen MR) is 124 cm³/mol. The van der Waals surface area contributed by atoms with Gasteiger partial charge in [0.2, 0.25) is 0 Å². The van der Waals surface area contributed by atoms with E-state index in [1.807, 2.05) is 0 Å². The summed E-state index contributed by atoms with van der Waals surface area (Å²) in [5.41, 5.74) is -2.63. The maximum Gasteiger partial charge on any atom is 0.421 e. The highest BCUT2D eigenvalue weighted by Gasteiger charge is 2.51. The molecule has 0 bridgehead atoms. The number of aliphatic hydroxyl groups excluding tert-OH is 1. The average Bonchev–Trinajstić information content (AvgIpc) is 3.16. The number of amides is 2. The van der Waals surface area contributed by atoms with E-state index < -0.39 is 57.1 Å². The number of benzene rings is 2. The lowest BCUT2D eigenvalue weighted by Crippen LogP contribution is -2.43. The van der Waals surface area contributed by atoms with Gasteiger partial charge in [0.25, 0.3) is 11.8 Å². The monoisotopic (exact) mass is 528 g/mol. The Morgan fingerprint density at radius 1 is 1.11 bits per heavy atom. The first-order valence-electron chi connectivity index (χ1n) is 11.0. The van der Waals surface area contributed by atoms with Crippen LogP contribution in [0.3, 0.4) is 0 Å². The molecule has 196 valence electrons. The van der Waals surface area contributed by atoms with E-state index >= 15 is 0 Å². The van der Waals surface area contributed by atoms with E-state index in [0.29, 0.717) is 18.1 Å². The van der Waals surface area contributed by atoms with Gasteiger partial charge in [0.1, 0.15) is 12.1 Å². The number of carbonyl (C=O) groups excluding carboxylic acids is 2. The maximum absolute atomic E-state index is 13.3. The standard InChI is InChI=1S/C24H27F3N2O6S/c1-13(2)20(30)22(32)29-12-14-11-17(36(4,34)35)9-10-18(14)19(29)21(31)28-16-7-5-15(6-8-16)23(3,33)24(25,26)27/h5-11,13,19-20,30,33H,12H2,1-4H3,(H,28,31)/t19?,20-,23?/m0/s1. The molecule has 0 fully saturated rings. The molecule has 1 aliphatic rings. The molecule has 1 heterocycles. The lowest BCUT2D eigenvalue weighted by Gasteiger charge is -2.28. The van der Waals surface area contributed by atoms with Crippen molar-refractivity contribution in [3.05, 3.63) is 59.2 Å². The van der Waals surface area contributed by atoms with Crippen molar-refractivity contribution in [3.63, 3.8) is 0 Å². The SMILES string of the molecule is CC(C)[C@H](O)C(=O)N1Cc2cc(S(C)(=O)=O)ccc2C1C(=O)Nc1ccc(C(C)(O)C(F)(F)F)cc1. The van der Waals surface area contributed by atoms with Crippen molar-refractivity contribution in [1.29, 1.82) is 0 Å². The van der Waals surface area contributed by atoms with Crippen molar-refractivity contribution in [2.45, 2.75) is 56.1 Å². The molecule has 3 atom stereocenters. The fraction of sp³-hybridized carbons (Fsp3) is 0.417. The number of halogens is 3. The number of aliphatic hydroxyl groups is 2. The van der Waals surface area contributed by atoms with Gasteiger partial charge >= 0.3 is 6.18 Å². The summed E-state index contributed by atoms with van der Waals surface area (Å²) in [4.78, 5) is 27.4. The van der Waals surface area contributed by atoms with E-state index in [1.165, 1.54) is 30.3 Å². The molecule has 2 aromatic rings. The molecule has 1 aliphatic heterocycles.